The molecule has 0 saturated carbocycles. The van der Waals surface area contributed by atoms with Gasteiger partial charge in [0.25, 0.3) is 5.91 Å². The van der Waals surface area contributed by atoms with Gasteiger partial charge in [0.1, 0.15) is 5.69 Å². The molecule has 1 aliphatic rings. The van der Waals surface area contributed by atoms with Gasteiger partial charge in [-0.25, -0.2) is 24.9 Å². The van der Waals surface area contributed by atoms with Gasteiger partial charge in [-0.15, -0.1) is 0 Å². The molecule has 0 amide bonds. The van der Waals surface area contributed by atoms with Gasteiger partial charge in [-0.1, -0.05) is 12.1 Å². The number of carbonyl (C=O) groups excluding carboxylic acids is 1. The molecule has 2 aromatic carbocycles. The minimum Gasteiger partial charge on any atom is -1.00 e. The molecule has 7 nitrogen and oxygen atoms in total. The van der Waals surface area contributed by atoms with Crippen LogP contribution >= 0.6 is 0 Å². The Balaban J connectivity index is 0.00000150. The molecular weight excluding hydrogens is 352 g/mol. The molecule has 0 atom stereocenters. The number of para-hydroxylation sites is 2. The van der Waals surface area contributed by atoms with E-state index in [4.69, 9.17) is 0 Å². The Morgan fingerprint density at radius 3 is 2.12 bits per heavy atom. The maximum Gasteiger partial charge on any atom is 0.285 e. The van der Waals surface area contributed by atoms with Crippen molar-refractivity contribution in [3.63, 3.8) is 0 Å². The highest BCUT2D eigenvalue weighted by Crippen LogP contribution is 2.33. The minimum atomic E-state index is -0.214. The van der Waals surface area contributed by atoms with E-state index in [0.29, 0.717) is 28.2 Å². The predicted molar refractivity (Wildman–Crippen MR) is 91.1 cm³/mol. The number of carbonyl (C=O) groups is 1. The van der Waals surface area contributed by atoms with Gasteiger partial charge in [-0.2, -0.15) is 0 Å². The zero-order valence-electron chi connectivity index (χ0n) is 13.1. The topological polar surface area (TPSA) is 86.4 Å². The first-order valence-electron chi connectivity index (χ1n) is 7.75. The number of fused-ring (bicyclic) bond motifs is 7. The van der Waals surface area contributed by atoms with Crippen molar-refractivity contribution in [3.05, 3.63) is 54.5 Å². The quantitative estimate of drug-likeness (QED) is 0.343. The molecule has 124 valence electrons. The summed E-state index contributed by atoms with van der Waals surface area (Å²) in [7, 11) is 0. The maximum absolute atomic E-state index is 12.7. The molecule has 6 rings (SSSR count). The standard InChI is InChI=1S/C18H8N6O.ClH/c25-18-16-15(19-5-6-20-16)17-23-13-7-11-12(8-14(13)24(17)18)22-10-4-2-1-3-9(10)21-11;/h1-8H;1H/p-1. The molecule has 26 heavy (non-hydrogen) atoms. The highest BCUT2D eigenvalue weighted by Gasteiger charge is 2.32. The van der Waals surface area contributed by atoms with E-state index in [2.05, 4.69) is 24.9 Å². The van der Waals surface area contributed by atoms with Crippen molar-refractivity contribution in [2.45, 2.75) is 0 Å². The Morgan fingerprint density at radius 2 is 1.38 bits per heavy atom. The number of imidazole rings is 1. The Morgan fingerprint density at radius 1 is 0.731 bits per heavy atom. The monoisotopic (exact) mass is 359 g/mol. The van der Waals surface area contributed by atoms with Crippen LogP contribution in [0, 0.1) is 0 Å². The number of hydrogen-bond donors (Lipinski definition) is 0. The Kier molecular flexibility index (Phi) is 2.87. The molecule has 0 N–H and O–H groups in total. The first-order valence-corrected chi connectivity index (χ1v) is 7.75. The molecule has 4 heterocycles. The number of aromatic nitrogens is 6. The van der Waals surface area contributed by atoms with E-state index in [1.54, 1.807) is 10.8 Å². The maximum atomic E-state index is 12.7. The first kappa shape index (κ1) is 14.9. The average molecular weight is 360 g/mol. The van der Waals surface area contributed by atoms with Gasteiger partial charge in [0.2, 0.25) is 0 Å². The number of hydrogen-bond acceptors (Lipinski definition) is 6. The second-order valence-corrected chi connectivity index (χ2v) is 5.87. The van der Waals surface area contributed by atoms with Crippen LogP contribution in [0.4, 0.5) is 0 Å². The normalized spacial score (nSPS) is 12.4. The molecule has 1 aliphatic heterocycles. The molecule has 0 radical (unpaired) electrons. The van der Waals surface area contributed by atoms with E-state index in [1.165, 1.54) is 6.20 Å². The number of nitrogens with zero attached hydrogens (tertiary/aromatic N) is 6. The highest BCUT2D eigenvalue weighted by molar-refractivity contribution is 6.11. The lowest BCUT2D eigenvalue weighted by Gasteiger charge is -2.02. The van der Waals surface area contributed by atoms with Crippen molar-refractivity contribution in [2.75, 3.05) is 0 Å². The van der Waals surface area contributed by atoms with Crippen LogP contribution in [0.15, 0.2) is 48.8 Å². The van der Waals surface area contributed by atoms with Crippen LogP contribution in [0.1, 0.15) is 10.5 Å². The van der Waals surface area contributed by atoms with Crippen LogP contribution in [0.5, 0.6) is 0 Å². The van der Waals surface area contributed by atoms with Crippen LogP contribution < -0.4 is 12.4 Å². The largest absolute Gasteiger partial charge is 1.00 e. The van der Waals surface area contributed by atoms with Gasteiger partial charge < -0.3 is 12.4 Å². The van der Waals surface area contributed by atoms with Crippen molar-refractivity contribution >= 4 is 39.0 Å². The molecule has 0 bridgehead atoms. The van der Waals surface area contributed by atoms with E-state index < -0.39 is 0 Å². The molecule has 0 unspecified atom stereocenters. The number of halogens is 1. The van der Waals surface area contributed by atoms with Crippen molar-refractivity contribution in [1.82, 2.24) is 29.5 Å². The summed E-state index contributed by atoms with van der Waals surface area (Å²) in [4.78, 5) is 35.0. The molecule has 5 aromatic rings. The first-order chi connectivity index (χ1) is 12.3. The molecule has 0 aliphatic carbocycles. The lowest BCUT2D eigenvalue weighted by molar-refractivity contribution is -0.0000133. The van der Waals surface area contributed by atoms with E-state index in [-0.39, 0.29) is 18.3 Å². The van der Waals surface area contributed by atoms with Gasteiger partial charge in [0.15, 0.2) is 11.5 Å². The summed E-state index contributed by atoms with van der Waals surface area (Å²) < 4.78 is 1.55. The zero-order valence-corrected chi connectivity index (χ0v) is 13.8. The highest BCUT2D eigenvalue weighted by atomic mass is 35.5. The van der Waals surface area contributed by atoms with Crippen LogP contribution in [0.2, 0.25) is 0 Å². The number of benzene rings is 2. The van der Waals surface area contributed by atoms with Gasteiger partial charge >= 0.3 is 0 Å². The van der Waals surface area contributed by atoms with E-state index in [1.807, 2.05) is 36.4 Å². The van der Waals surface area contributed by atoms with Gasteiger partial charge in [-0.3, -0.25) is 9.36 Å². The number of rotatable bonds is 0. The Bertz CT molecular complexity index is 1380. The minimum absolute atomic E-state index is 0. The van der Waals surface area contributed by atoms with Crippen LogP contribution in [0.25, 0.3) is 44.6 Å². The summed E-state index contributed by atoms with van der Waals surface area (Å²) >= 11 is 0. The lowest BCUT2D eigenvalue weighted by atomic mass is 10.2. The molecule has 0 saturated heterocycles. The fourth-order valence-corrected chi connectivity index (χ4v) is 3.32. The second-order valence-electron chi connectivity index (χ2n) is 5.87. The Labute approximate surface area is 152 Å². The average Bonchev–Trinajstić information content (AvgIpc) is 3.14. The van der Waals surface area contributed by atoms with Crippen molar-refractivity contribution < 1.29 is 17.2 Å². The van der Waals surface area contributed by atoms with Crippen molar-refractivity contribution in [2.24, 2.45) is 0 Å². The van der Waals surface area contributed by atoms with E-state index >= 15 is 0 Å². The summed E-state index contributed by atoms with van der Waals surface area (Å²) in [6.45, 7) is 0. The Hall–Kier alpha value is -3.45. The van der Waals surface area contributed by atoms with E-state index in [9.17, 15) is 4.79 Å². The van der Waals surface area contributed by atoms with E-state index in [0.717, 1.165) is 22.1 Å². The zero-order chi connectivity index (χ0) is 16.5. The molecule has 3 aromatic heterocycles. The van der Waals surface area contributed by atoms with Crippen LogP contribution in [-0.2, 0) is 0 Å². The van der Waals surface area contributed by atoms with Gasteiger partial charge in [0.05, 0.1) is 33.1 Å². The summed E-state index contributed by atoms with van der Waals surface area (Å²) in [6.07, 6.45) is 3.08. The predicted octanol–water partition coefficient (Wildman–Crippen LogP) is -0.404. The van der Waals surface area contributed by atoms with Gasteiger partial charge in [-0.05, 0) is 24.3 Å². The van der Waals surface area contributed by atoms with Crippen LogP contribution in [0.3, 0.4) is 0 Å². The molecule has 8 heteroatoms. The third kappa shape index (κ3) is 1.77. The second kappa shape index (κ2) is 5.03. The fourth-order valence-electron chi connectivity index (χ4n) is 3.32. The summed E-state index contributed by atoms with van der Waals surface area (Å²) in [5.74, 6) is 0.302. The SMILES string of the molecule is O=C1c2nccnc2-c2nc3cc4nc5ccccc5nc4cc3n21.[Cl-]. The summed E-state index contributed by atoms with van der Waals surface area (Å²) in [5, 5.41) is 0. The molecule has 0 fully saturated rings. The van der Waals surface area contributed by atoms with Crippen molar-refractivity contribution in [3.8, 4) is 11.5 Å². The smallest absolute Gasteiger partial charge is 0.285 e. The van der Waals surface area contributed by atoms with Crippen LogP contribution in [-0.4, -0.2) is 35.4 Å². The van der Waals surface area contributed by atoms with Gasteiger partial charge in [0, 0.05) is 12.4 Å². The molecule has 0 spiro atoms. The summed E-state index contributed by atoms with van der Waals surface area (Å²) in [6, 6.07) is 11.4. The fraction of sp³-hybridized carbons (Fsp3) is 0. The summed E-state index contributed by atoms with van der Waals surface area (Å²) in [5.41, 5.74) is 5.33. The molecular formula is C18H8ClN6O-. The lowest BCUT2D eigenvalue weighted by Crippen LogP contribution is -3.00. The van der Waals surface area contributed by atoms with Crippen molar-refractivity contribution in [1.29, 1.82) is 0 Å². The third-order valence-corrected chi connectivity index (χ3v) is 4.43. The third-order valence-electron chi connectivity index (χ3n) is 4.43.